The highest BCUT2D eigenvalue weighted by Crippen LogP contribution is 2.25. The number of nitrogens with zero attached hydrogens (tertiary/aromatic N) is 2. The number of carbonyl (C=O) groups excluding carboxylic acids is 1. The number of hydrogen-bond donors (Lipinski definition) is 2. The van der Waals surface area contributed by atoms with Crippen molar-refractivity contribution in [2.45, 2.75) is 47.5 Å². The van der Waals surface area contributed by atoms with Gasteiger partial charge >= 0.3 is 0 Å². The number of aliphatic hydroxyl groups excluding tert-OH is 1. The van der Waals surface area contributed by atoms with Gasteiger partial charge < -0.3 is 15.3 Å². The molecule has 0 aliphatic carbocycles. The molecule has 2 heterocycles. The summed E-state index contributed by atoms with van der Waals surface area (Å²) in [5.74, 6) is 0.971. The summed E-state index contributed by atoms with van der Waals surface area (Å²) in [6.07, 6.45) is 10.7. The lowest BCUT2D eigenvalue weighted by Crippen LogP contribution is -2.27. The van der Waals surface area contributed by atoms with Crippen LogP contribution in [0.15, 0.2) is 72.3 Å². The van der Waals surface area contributed by atoms with Gasteiger partial charge in [-0.05, 0) is 82.4 Å². The molecular formula is C27H35N3O2. The zero-order valence-corrected chi connectivity index (χ0v) is 19.9. The van der Waals surface area contributed by atoms with E-state index in [2.05, 4.69) is 36.3 Å². The van der Waals surface area contributed by atoms with Crippen molar-refractivity contribution in [2.24, 2.45) is 0 Å². The van der Waals surface area contributed by atoms with Crippen molar-refractivity contribution in [3.63, 3.8) is 0 Å². The van der Waals surface area contributed by atoms with Crippen molar-refractivity contribution >= 4 is 11.7 Å². The number of carbonyl (C=O) groups is 1. The summed E-state index contributed by atoms with van der Waals surface area (Å²) in [5.41, 5.74) is 6.27. The summed E-state index contributed by atoms with van der Waals surface area (Å²) < 4.78 is 0. The van der Waals surface area contributed by atoms with Crippen molar-refractivity contribution < 1.29 is 9.90 Å². The van der Waals surface area contributed by atoms with Crippen LogP contribution >= 0.6 is 0 Å². The van der Waals surface area contributed by atoms with E-state index in [0.717, 1.165) is 60.3 Å². The predicted molar refractivity (Wildman–Crippen MR) is 134 cm³/mol. The molecule has 170 valence electrons. The van der Waals surface area contributed by atoms with E-state index in [-0.39, 0.29) is 5.91 Å². The molecule has 3 rings (SSSR count). The molecule has 5 nitrogen and oxygen atoms in total. The highest BCUT2D eigenvalue weighted by atomic mass is 16.2. The van der Waals surface area contributed by atoms with Gasteiger partial charge in [-0.1, -0.05) is 29.9 Å². The van der Waals surface area contributed by atoms with Gasteiger partial charge in [0.25, 0.3) is 5.91 Å². The van der Waals surface area contributed by atoms with E-state index >= 15 is 0 Å². The predicted octanol–water partition coefficient (Wildman–Crippen LogP) is 6.65. The first-order valence-corrected chi connectivity index (χ1v) is 11.1. The summed E-state index contributed by atoms with van der Waals surface area (Å²) >= 11 is 0. The first-order valence-electron chi connectivity index (χ1n) is 11.1. The first kappa shape index (κ1) is 24.9. The number of rotatable bonds is 5. The minimum absolute atomic E-state index is 0.127. The second-order valence-electron chi connectivity index (χ2n) is 7.90. The van der Waals surface area contributed by atoms with Crippen LogP contribution in [0.2, 0.25) is 0 Å². The van der Waals surface area contributed by atoms with Gasteiger partial charge in [0.15, 0.2) is 0 Å². The lowest BCUT2D eigenvalue weighted by atomic mass is 10.0. The van der Waals surface area contributed by atoms with Crippen molar-refractivity contribution in [3.05, 3.63) is 83.4 Å². The summed E-state index contributed by atoms with van der Waals surface area (Å²) in [4.78, 5) is 19.2. The van der Waals surface area contributed by atoms with Gasteiger partial charge in [0.1, 0.15) is 5.82 Å². The van der Waals surface area contributed by atoms with Crippen LogP contribution in [0.4, 0.5) is 5.82 Å². The van der Waals surface area contributed by atoms with Gasteiger partial charge in [0.2, 0.25) is 0 Å². The monoisotopic (exact) mass is 433 g/mol. The summed E-state index contributed by atoms with van der Waals surface area (Å²) in [5, 5.41) is 11.0. The van der Waals surface area contributed by atoms with Gasteiger partial charge in [-0.3, -0.25) is 4.79 Å². The van der Waals surface area contributed by atoms with Gasteiger partial charge in [-0.15, -0.1) is 0 Å². The number of hydrogen-bond acceptors (Lipinski definition) is 4. The first-order chi connectivity index (χ1) is 15.4. The van der Waals surface area contributed by atoms with Crippen LogP contribution in [-0.4, -0.2) is 34.0 Å². The molecule has 0 spiro atoms. The van der Waals surface area contributed by atoms with Crippen LogP contribution in [0, 0.1) is 6.92 Å². The molecule has 1 aromatic carbocycles. The van der Waals surface area contributed by atoms with Crippen molar-refractivity contribution in [1.82, 2.24) is 9.88 Å². The highest BCUT2D eigenvalue weighted by molar-refractivity contribution is 5.95. The lowest BCUT2D eigenvalue weighted by Gasteiger charge is -2.16. The molecule has 2 aromatic rings. The third-order valence-corrected chi connectivity index (χ3v) is 5.54. The normalized spacial score (nSPS) is 14.3. The number of aliphatic hydroxyl groups is 1. The zero-order chi connectivity index (χ0) is 23.5. The number of aryl methyl sites for hydroxylation is 1. The second kappa shape index (κ2) is 12.5. The molecule has 0 radical (unpaired) electrons. The zero-order valence-electron chi connectivity index (χ0n) is 19.9. The van der Waals surface area contributed by atoms with Gasteiger partial charge in [-0.25, -0.2) is 4.98 Å². The number of nitrogens with one attached hydrogen (secondary N) is 1. The SMILES string of the molecule is C/C=C(C)/C(C)=C/Nc1ncc(-c2cccc(C(=O)N3CCCC3)c2)cc1C.C/C=C/O. The molecule has 1 aliphatic heterocycles. The van der Waals surface area contributed by atoms with Crippen LogP contribution in [0.5, 0.6) is 0 Å². The van der Waals surface area contributed by atoms with E-state index in [0.29, 0.717) is 0 Å². The van der Waals surface area contributed by atoms with E-state index in [4.69, 9.17) is 5.11 Å². The Labute approximate surface area is 192 Å². The van der Waals surface area contributed by atoms with Gasteiger partial charge in [0.05, 0.1) is 6.26 Å². The number of likely N-dealkylation sites (tertiary alicyclic amines) is 1. The average molecular weight is 434 g/mol. The van der Waals surface area contributed by atoms with Crippen molar-refractivity contribution in [2.75, 3.05) is 18.4 Å². The second-order valence-corrected chi connectivity index (χ2v) is 7.90. The van der Waals surface area contributed by atoms with Crippen LogP contribution < -0.4 is 5.32 Å². The van der Waals surface area contributed by atoms with Crippen LogP contribution in [-0.2, 0) is 0 Å². The Hall–Kier alpha value is -3.34. The number of aromatic nitrogens is 1. The number of pyridine rings is 1. The number of allylic oxidation sites excluding steroid dienone is 4. The molecule has 5 heteroatoms. The molecule has 1 aliphatic rings. The van der Waals surface area contributed by atoms with Crippen molar-refractivity contribution in [1.29, 1.82) is 0 Å². The van der Waals surface area contributed by atoms with Crippen molar-refractivity contribution in [3.8, 4) is 11.1 Å². The Bertz CT molecular complexity index is 996. The van der Waals surface area contributed by atoms with Gasteiger partial charge in [-0.2, -0.15) is 0 Å². The van der Waals surface area contributed by atoms with E-state index < -0.39 is 0 Å². The van der Waals surface area contributed by atoms with E-state index in [1.807, 2.05) is 55.4 Å². The summed E-state index contributed by atoms with van der Waals surface area (Å²) in [6, 6.07) is 9.97. The molecule has 1 saturated heterocycles. The lowest BCUT2D eigenvalue weighted by molar-refractivity contribution is 0.0793. The topological polar surface area (TPSA) is 65.5 Å². The Morgan fingerprint density at radius 1 is 1.09 bits per heavy atom. The molecular weight excluding hydrogens is 398 g/mol. The molecule has 32 heavy (non-hydrogen) atoms. The molecule has 2 N–H and O–H groups in total. The maximum Gasteiger partial charge on any atom is 0.253 e. The smallest absolute Gasteiger partial charge is 0.253 e. The number of amides is 1. The van der Waals surface area contributed by atoms with Crippen LogP contribution in [0.3, 0.4) is 0 Å². The molecule has 1 fully saturated rings. The molecule has 1 amide bonds. The number of benzene rings is 1. The fraction of sp³-hybridized carbons (Fsp3) is 0.333. The largest absolute Gasteiger partial charge is 0.516 e. The Morgan fingerprint density at radius 2 is 1.78 bits per heavy atom. The Balaban J connectivity index is 0.000000837. The molecule has 0 unspecified atom stereocenters. The van der Waals surface area contributed by atoms with E-state index in [9.17, 15) is 4.79 Å². The summed E-state index contributed by atoms with van der Waals surface area (Å²) in [6.45, 7) is 11.7. The van der Waals surface area contributed by atoms with Crippen LogP contribution in [0.25, 0.3) is 11.1 Å². The molecule has 1 aromatic heterocycles. The minimum atomic E-state index is 0.127. The van der Waals surface area contributed by atoms with Crippen LogP contribution in [0.1, 0.15) is 56.5 Å². The average Bonchev–Trinajstić information content (AvgIpc) is 3.37. The standard InChI is InChI=1S/C24H29N3O.C3H6O/c1-5-17(2)19(4)15-25-23-18(3)13-22(16-26-23)20-9-8-10-21(14-20)24(28)27-11-6-7-12-27;1-2-3-4/h5,8-10,13-16H,6-7,11-12H2,1-4H3,(H,25,26);2-4H,1H3/b17-5+,19-15+;3-2+. The van der Waals surface area contributed by atoms with E-state index in [1.165, 1.54) is 11.1 Å². The van der Waals surface area contributed by atoms with Gasteiger partial charge in [0, 0.05) is 36.6 Å². The maximum atomic E-state index is 12.7. The fourth-order valence-electron chi connectivity index (χ4n) is 3.34. The number of anilines is 1. The molecule has 0 saturated carbocycles. The fourth-order valence-corrected chi connectivity index (χ4v) is 3.34. The quantitative estimate of drug-likeness (QED) is 0.409. The highest BCUT2D eigenvalue weighted by Gasteiger charge is 2.19. The third-order valence-electron chi connectivity index (χ3n) is 5.54. The van der Waals surface area contributed by atoms with E-state index in [1.54, 1.807) is 13.0 Å². The molecule has 0 atom stereocenters. The Morgan fingerprint density at radius 3 is 2.38 bits per heavy atom. The Kier molecular flexibility index (Phi) is 9.74. The molecule has 0 bridgehead atoms. The third kappa shape index (κ3) is 6.84. The maximum absolute atomic E-state index is 12.7. The summed E-state index contributed by atoms with van der Waals surface area (Å²) in [7, 11) is 0. The minimum Gasteiger partial charge on any atom is -0.516 e.